The Morgan fingerprint density at radius 3 is 2.61 bits per heavy atom. The summed E-state index contributed by atoms with van der Waals surface area (Å²) >= 11 is 0. The van der Waals surface area contributed by atoms with E-state index in [2.05, 4.69) is 26.0 Å². The summed E-state index contributed by atoms with van der Waals surface area (Å²) in [6.07, 6.45) is 1.29. The van der Waals surface area contributed by atoms with E-state index in [1.54, 1.807) is 18.2 Å². The van der Waals surface area contributed by atoms with Gasteiger partial charge in [0.2, 0.25) is 0 Å². The molecular weight excluding hydrogens is 289 g/mol. The Bertz CT molecular complexity index is 675. The van der Waals surface area contributed by atoms with Crippen molar-refractivity contribution in [3.8, 4) is 11.8 Å². The van der Waals surface area contributed by atoms with E-state index in [4.69, 9.17) is 4.74 Å². The predicted octanol–water partition coefficient (Wildman–Crippen LogP) is 5.42. The average Bonchev–Trinajstić information content (AvgIpc) is 2.56. The molecule has 0 aliphatic rings. The van der Waals surface area contributed by atoms with Crippen LogP contribution in [0.4, 0.5) is 4.39 Å². The van der Waals surface area contributed by atoms with E-state index in [-0.39, 0.29) is 5.82 Å². The van der Waals surface area contributed by atoms with Gasteiger partial charge < -0.3 is 4.74 Å². The second-order valence-corrected chi connectivity index (χ2v) is 5.92. The van der Waals surface area contributed by atoms with Gasteiger partial charge in [-0.25, -0.2) is 4.39 Å². The molecule has 1 unspecified atom stereocenters. The molecule has 0 aromatic heterocycles. The van der Waals surface area contributed by atoms with Gasteiger partial charge in [-0.3, -0.25) is 0 Å². The molecule has 0 spiro atoms. The third kappa shape index (κ3) is 4.82. The molecule has 2 aromatic carbocycles. The van der Waals surface area contributed by atoms with E-state index < -0.39 is 5.92 Å². The van der Waals surface area contributed by atoms with Crippen LogP contribution in [0.25, 0.3) is 0 Å². The first-order valence-corrected chi connectivity index (χ1v) is 7.98. The number of hydrogen-bond donors (Lipinski definition) is 0. The highest BCUT2D eigenvalue weighted by Crippen LogP contribution is 2.24. The molecule has 0 radical (unpaired) electrons. The maximum atomic E-state index is 13.7. The molecule has 0 aliphatic heterocycles. The number of hydrogen-bond acceptors (Lipinski definition) is 2. The quantitative estimate of drug-likeness (QED) is 0.640. The molecule has 2 aromatic rings. The fourth-order valence-electron chi connectivity index (χ4n) is 2.49. The third-order valence-electron chi connectivity index (χ3n) is 3.87. The van der Waals surface area contributed by atoms with E-state index in [9.17, 15) is 9.65 Å². The van der Waals surface area contributed by atoms with Crippen LogP contribution in [-0.4, -0.2) is 6.61 Å². The minimum atomic E-state index is -0.429. The molecule has 0 bridgehead atoms. The van der Waals surface area contributed by atoms with Crippen LogP contribution in [-0.2, 0) is 0 Å². The smallest absolute Gasteiger partial charge is 0.127 e. The zero-order valence-electron chi connectivity index (χ0n) is 13.6. The molecule has 3 heteroatoms. The first-order valence-electron chi connectivity index (χ1n) is 7.98. The second kappa shape index (κ2) is 8.33. The van der Waals surface area contributed by atoms with E-state index >= 15 is 0 Å². The summed E-state index contributed by atoms with van der Waals surface area (Å²) in [5.41, 5.74) is 1.71. The van der Waals surface area contributed by atoms with Crippen molar-refractivity contribution < 1.29 is 9.13 Å². The lowest BCUT2D eigenvalue weighted by Gasteiger charge is -2.12. The Morgan fingerprint density at radius 2 is 1.91 bits per heavy atom. The highest BCUT2D eigenvalue weighted by molar-refractivity contribution is 5.30. The Labute approximate surface area is 137 Å². The summed E-state index contributed by atoms with van der Waals surface area (Å²) in [6.45, 7) is 4.81. The second-order valence-electron chi connectivity index (χ2n) is 5.92. The lowest BCUT2D eigenvalue weighted by molar-refractivity contribution is 0.304. The Kier molecular flexibility index (Phi) is 6.17. The molecule has 23 heavy (non-hydrogen) atoms. The number of ether oxygens (including phenoxy) is 1. The van der Waals surface area contributed by atoms with Crippen LogP contribution in [0.5, 0.6) is 5.75 Å². The number of nitrogens with zero attached hydrogens (tertiary/aromatic N) is 1. The zero-order chi connectivity index (χ0) is 16.7. The highest BCUT2D eigenvalue weighted by atomic mass is 19.1. The SMILES string of the molecule is CC(C)c1cccc(OCCCC(C#N)c2ccccc2F)c1. The van der Waals surface area contributed by atoms with Gasteiger partial charge in [-0.2, -0.15) is 5.26 Å². The number of halogens is 1. The molecule has 1 atom stereocenters. The summed E-state index contributed by atoms with van der Waals surface area (Å²) in [7, 11) is 0. The molecule has 0 N–H and O–H groups in total. The van der Waals surface area contributed by atoms with Crippen LogP contribution in [0.3, 0.4) is 0 Å². The van der Waals surface area contributed by atoms with Crippen LogP contribution in [0.15, 0.2) is 48.5 Å². The van der Waals surface area contributed by atoms with Crippen molar-refractivity contribution in [1.82, 2.24) is 0 Å². The van der Waals surface area contributed by atoms with Crippen LogP contribution >= 0.6 is 0 Å². The van der Waals surface area contributed by atoms with Crippen LogP contribution < -0.4 is 4.74 Å². The first kappa shape index (κ1) is 17.0. The molecule has 0 saturated carbocycles. The van der Waals surface area contributed by atoms with Gasteiger partial charge in [0.25, 0.3) is 0 Å². The molecule has 0 aliphatic carbocycles. The standard InChI is InChI=1S/C20H22FNO/c1-15(2)16-7-5-9-18(13-16)23-12-6-8-17(14-22)19-10-3-4-11-20(19)21/h3-5,7,9-11,13,15,17H,6,8,12H2,1-2H3. The number of rotatable bonds is 7. The van der Waals surface area contributed by atoms with Crippen molar-refractivity contribution in [1.29, 1.82) is 5.26 Å². The van der Waals surface area contributed by atoms with Crippen molar-refractivity contribution in [2.24, 2.45) is 0 Å². The molecule has 120 valence electrons. The van der Waals surface area contributed by atoms with Crippen LogP contribution in [0, 0.1) is 17.1 Å². The summed E-state index contributed by atoms with van der Waals surface area (Å²) in [4.78, 5) is 0. The lowest BCUT2D eigenvalue weighted by atomic mass is 9.95. The zero-order valence-corrected chi connectivity index (χ0v) is 13.6. The van der Waals surface area contributed by atoms with E-state index in [1.165, 1.54) is 11.6 Å². The largest absolute Gasteiger partial charge is 0.494 e. The van der Waals surface area contributed by atoms with E-state index in [1.807, 2.05) is 18.2 Å². The van der Waals surface area contributed by atoms with Gasteiger partial charge in [-0.05, 0) is 42.5 Å². The molecule has 2 nitrogen and oxygen atoms in total. The first-order chi connectivity index (χ1) is 11.1. The van der Waals surface area contributed by atoms with Gasteiger partial charge in [0.05, 0.1) is 18.6 Å². The lowest BCUT2D eigenvalue weighted by Crippen LogP contribution is -2.04. The van der Waals surface area contributed by atoms with Crippen molar-refractivity contribution >= 4 is 0 Å². The van der Waals surface area contributed by atoms with E-state index in [0.717, 1.165) is 5.75 Å². The van der Waals surface area contributed by atoms with Crippen LogP contribution in [0.1, 0.15) is 49.7 Å². The van der Waals surface area contributed by atoms with Crippen molar-refractivity contribution in [2.75, 3.05) is 6.61 Å². The maximum Gasteiger partial charge on any atom is 0.127 e. The minimum Gasteiger partial charge on any atom is -0.494 e. The Hall–Kier alpha value is -2.34. The molecule has 0 heterocycles. The highest BCUT2D eigenvalue weighted by Gasteiger charge is 2.14. The number of benzene rings is 2. The van der Waals surface area contributed by atoms with Gasteiger partial charge >= 0.3 is 0 Å². The summed E-state index contributed by atoms with van der Waals surface area (Å²) in [5.74, 6) is 0.560. The molecular formula is C20H22FNO. The number of nitriles is 1. The Morgan fingerprint density at radius 1 is 1.13 bits per heavy atom. The summed E-state index contributed by atoms with van der Waals surface area (Å²) in [6, 6.07) is 16.7. The minimum absolute atomic E-state index is 0.315. The molecule has 2 rings (SSSR count). The fraction of sp³-hybridized carbons (Fsp3) is 0.350. The van der Waals surface area contributed by atoms with Gasteiger partial charge in [0, 0.05) is 5.56 Å². The summed E-state index contributed by atoms with van der Waals surface area (Å²) < 4.78 is 19.5. The summed E-state index contributed by atoms with van der Waals surface area (Å²) in [5, 5.41) is 9.26. The molecule has 0 fully saturated rings. The molecule has 0 saturated heterocycles. The van der Waals surface area contributed by atoms with Gasteiger partial charge in [-0.15, -0.1) is 0 Å². The van der Waals surface area contributed by atoms with Crippen molar-refractivity contribution in [2.45, 2.75) is 38.5 Å². The van der Waals surface area contributed by atoms with Gasteiger partial charge in [0.1, 0.15) is 11.6 Å². The normalized spacial score (nSPS) is 12.0. The van der Waals surface area contributed by atoms with Crippen molar-refractivity contribution in [3.05, 3.63) is 65.5 Å². The fourth-order valence-corrected chi connectivity index (χ4v) is 2.49. The third-order valence-corrected chi connectivity index (χ3v) is 3.87. The van der Waals surface area contributed by atoms with Crippen molar-refractivity contribution in [3.63, 3.8) is 0 Å². The maximum absolute atomic E-state index is 13.7. The molecule has 0 amide bonds. The van der Waals surface area contributed by atoms with Gasteiger partial charge in [-0.1, -0.05) is 44.2 Å². The average molecular weight is 311 g/mol. The predicted molar refractivity (Wildman–Crippen MR) is 90.0 cm³/mol. The van der Waals surface area contributed by atoms with Gasteiger partial charge in [0.15, 0.2) is 0 Å². The Balaban J connectivity index is 1.86. The monoisotopic (exact) mass is 311 g/mol. The van der Waals surface area contributed by atoms with Crippen LogP contribution in [0.2, 0.25) is 0 Å². The van der Waals surface area contributed by atoms with E-state index in [0.29, 0.717) is 30.9 Å². The topological polar surface area (TPSA) is 33.0 Å².